The van der Waals surface area contributed by atoms with Crippen molar-refractivity contribution < 1.29 is 22.7 Å². The SMILES string of the molecule is COC(=O)c1ccc(-c2nnc(C(F)F)o2)cc1. The average molecular weight is 254 g/mol. The van der Waals surface area contributed by atoms with Crippen LogP contribution in [0.5, 0.6) is 0 Å². The molecule has 0 amide bonds. The van der Waals surface area contributed by atoms with Crippen LogP contribution in [0, 0.1) is 0 Å². The van der Waals surface area contributed by atoms with Crippen LogP contribution in [0.2, 0.25) is 0 Å². The van der Waals surface area contributed by atoms with E-state index in [1.807, 2.05) is 0 Å². The molecule has 0 bridgehead atoms. The first-order valence-electron chi connectivity index (χ1n) is 4.92. The van der Waals surface area contributed by atoms with Crippen molar-refractivity contribution in [2.24, 2.45) is 0 Å². The Morgan fingerprint density at radius 3 is 2.44 bits per heavy atom. The van der Waals surface area contributed by atoms with Crippen LogP contribution in [0.3, 0.4) is 0 Å². The topological polar surface area (TPSA) is 65.2 Å². The number of nitrogens with zero attached hydrogens (tertiary/aromatic N) is 2. The number of methoxy groups -OCH3 is 1. The van der Waals surface area contributed by atoms with Gasteiger partial charge in [0.25, 0.3) is 5.89 Å². The van der Waals surface area contributed by atoms with Gasteiger partial charge in [0.15, 0.2) is 0 Å². The maximum atomic E-state index is 12.3. The fraction of sp³-hybridized carbons (Fsp3) is 0.182. The van der Waals surface area contributed by atoms with Crippen molar-refractivity contribution in [2.75, 3.05) is 7.11 Å². The molecule has 0 N–H and O–H groups in total. The number of carbonyl (C=O) groups is 1. The minimum atomic E-state index is -2.81. The molecule has 0 aliphatic carbocycles. The smallest absolute Gasteiger partial charge is 0.337 e. The molecule has 0 saturated carbocycles. The van der Waals surface area contributed by atoms with E-state index in [1.54, 1.807) is 0 Å². The van der Waals surface area contributed by atoms with Crippen LogP contribution in [0.4, 0.5) is 8.78 Å². The molecule has 0 fully saturated rings. The molecule has 1 heterocycles. The standard InChI is InChI=1S/C11H8F2N2O3/c1-17-11(16)7-4-2-6(3-5-7)9-14-15-10(18-9)8(12)13/h2-5,8H,1H3. The van der Waals surface area contributed by atoms with Crippen molar-refractivity contribution in [3.8, 4) is 11.5 Å². The second-order valence-electron chi connectivity index (χ2n) is 3.32. The van der Waals surface area contributed by atoms with Crippen LogP contribution < -0.4 is 0 Å². The van der Waals surface area contributed by atoms with Crippen molar-refractivity contribution in [3.63, 3.8) is 0 Å². The highest BCUT2D eigenvalue weighted by atomic mass is 19.3. The van der Waals surface area contributed by atoms with Gasteiger partial charge in [-0.1, -0.05) is 0 Å². The van der Waals surface area contributed by atoms with Crippen molar-refractivity contribution in [1.29, 1.82) is 0 Å². The predicted octanol–water partition coefficient (Wildman–Crippen LogP) is 2.46. The van der Waals surface area contributed by atoms with E-state index in [4.69, 9.17) is 4.42 Å². The van der Waals surface area contributed by atoms with Gasteiger partial charge in [0.1, 0.15) is 0 Å². The van der Waals surface area contributed by atoms with E-state index in [0.29, 0.717) is 11.1 Å². The van der Waals surface area contributed by atoms with Crippen LogP contribution in [0.25, 0.3) is 11.5 Å². The summed E-state index contributed by atoms with van der Waals surface area (Å²) < 4.78 is 33.8. The molecule has 94 valence electrons. The Hall–Kier alpha value is -2.31. The van der Waals surface area contributed by atoms with Gasteiger partial charge in [0, 0.05) is 5.56 Å². The molecular weight excluding hydrogens is 246 g/mol. The van der Waals surface area contributed by atoms with Gasteiger partial charge in [-0.2, -0.15) is 8.78 Å². The van der Waals surface area contributed by atoms with Gasteiger partial charge in [-0.05, 0) is 24.3 Å². The summed E-state index contributed by atoms with van der Waals surface area (Å²) in [5, 5.41) is 6.70. The zero-order chi connectivity index (χ0) is 13.1. The Morgan fingerprint density at radius 2 is 1.94 bits per heavy atom. The van der Waals surface area contributed by atoms with Gasteiger partial charge in [-0.25, -0.2) is 4.79 Å². The number of rotatable bonds is 3. The maximum absolute atomic E-state index is 12.3. The van der Waals surface area contributed by atoms with Crippen molar-refractivity contribution in [3.05, 3.63) is 35.7 Å². The van der Waals surface area contributed by atoms with Crippen molar-refractivity contribution in [1.82, 2.24) is 10.2 Å². The highest BCUT2D eigenvalue weighted by Gasteiger charge is 2.17. The summed E-state index contributed by atoms with van der Waals surface area (Å²) >= 11 is 0. The first-order chi connectivity index (χ1) is 8.61. The van der Waals surface area contributed by atoms with Crippen LogP contribution in [0.1, 0.15) is 22.7 Å². The first-order valence-corrected chi connectivity index (χ1v) is 4.92. The van der Waals surface area contributed by atoms with Gasteiger partial charge >= 0.3 is 12.4 Å². The Balaban J connectivity index is 2.25. The molecule has 1 aromatic heterocycles. The van der Waals surface area contributed by atoms with E-state index in [9.17, 15) is 13.6 Å². The van der Waals surface area contributed by atoms with Crippen LogP contribution in [-0.4, -0.2) is 23.3 Å². The molecule has 0 spiro atoms. The lowest BCUT2D eigenvalue weighted by Crippen LogP contribution is -2.00. The Bertz CT molecular complexity index is 552. The fourth-order valence-corrected chi connectivity index (χ4v) is 1.31. The normalized spacial score (nSPS) is 10.7. The average Bonchev–Trinajstić information content (AvgIpc) is 2.88. The predicted molar refractivity (Wildman–Crippen MR) is 56.0 cm³/mol. The molecule has 0 radical (unpaired) electrons. The number of halogens is 2. The number of hydrogen-bond donors (Lipinski definition) is 0. The van der Waals surface area contributed by atoms with Crippen molar-refractivity contribution >= 4 is 5.97 Å². The first kappa shape index (κ1) is 12.2. The van der Waals surface area contributed by atoms with Crippen molar-refractivity contribution in [2.45, 2.75) is 6.43 Å². The third kappa shape index (κ3) is 2.34. The fourth-order valence-electron chi connectivity index (χ4n) is 1.31. The van der Waals surface area contributed by atoms with Crippen LogP contribution in [0.15, 0.2) is 28.7 Å². The number of esters is 1. The third-order valence-electron chi connectivity index (χ3n) is 2.18. The monoisotopic (exact) mass is 254 g/mol. The van der Waals surface area contributed by atoms with Crippen LogP contribution >= 0.6 is 0 Å². The van der Waals surface area contributed by atoms with Gasteiger partial charge in [0.2, 0.25) is 5.89 Å². The van der Waals surface area contributed by atoms with E-state index < -0.39 is 18.3 Å². The number of alkyl halides is 2. The second-order valence-corrected chi connectivity index (χ2v) is 3.32. The van der Waals surface area contributed by atoms with Gasteiger partial charge in [-0.3, -0.25) is 0 Å². The summed E-state index contributed by atoms with van der Waals surface area (Å²) in [6, 6.07) is 5.98. The quantitative estimate of drug-likeness (QED) is 0.787. The van der Waals surface area contributed by atoms with Gasteiger partial charge < -0.3 is 9.15 Å². The third-order valence-corrected chi connectivity index (χ3v) is 2.18. The summed E-state index contributed by atoms with van der Waals surface area (Å²) in [6.07, 6.45) is -2.81. The summed E-state index contributed by atoms with van der Waals surface area (Å²) in [5.41, 5.74) is 0.789. The Morgan fingerprint density at radius 1 is 1.28 bits per heavy atom. The lowest BCUT2D eigenvalue weighted by molar-refractivity contribution is 0.0600. The van der Waals surface area contributed by atoms with E-state index in [1.165, 1.54) is 31.4 Å². The molecule has 0 saturated heterocycles. The minimum absolute atomic E-state index is 0.0262. The van der Waals surface area contributed by atoms with Crippen LogP contribution in [-0.2, 0) is 4.74 Å². The molecule has 2 aromatic rings. The molecule has 7 heteroatoms. The second kappa shape index (κ2) is 4.91. The Labute approximate surface area is 100 Å². The van der Waals surface area contributed by atoms with E-state index >= 15 is 0 Å². The van der Waals surface area contributed by atoms with E-state index in [2.05, 4.69) is 14.9 Å². The highest BCUT2D eigenvalue weighted by Crippen LogP contribution is 2.23. The molecular formula is C11H8F2N2O3. The molecule has 18 heavy (non-hydrogen) atoms. The molecule has 0 aliphatic rings. The summed E-state index contributed by atoms with van der Waals surface area (Å²) in [6.45, 7) is 0. The molecule has 1 aromatic carbocycles. The number of ether oxygens (including phenoxy) is 1. The zero-order valence-corrected chi connectivity index (χ0v) is 9.26. The molecule has 2 rings (SSSR count). The summed E-state index contributed by atoms with van der Waals surface area (Å²) in [5.74, 6) is -1.25. The molecule has 0 atom stereocenters. The highest BCUT2D eigenvalue weighted by molar-refractivity contribution is 5.89. The van der Waals surface area contributed by atoms with E-state index in [0.717, 1.165) is 0 Å². The molecule has 0 aliphatic heterocycles. The summed E-state index contributed by atoms with van der Waals surface area (Å²) in [4.78, 5) is 11.2. The zero-order valence-electron chi connectivity index (χ0n) is 9.26. The molecule has 0 unspecified atom stereocenters. The number of hydrogen-bond acceptors (Lipinski definition) is 5. The van der Waals surface area contributed by atoms with Gasteiger partial charge in [0.05, 0.1) is 12.7 Å². The number of carbonyl (C=O) groups excluding carboxylic acids is 1. The number of aromatic nitrogens is 2. The van der Waals surface area contributed by atoms with E-state index in [-0.39, 0.29) is 5.89 Å². The molecule has 5 nitrogen and oxygen atoms in total. The minimum Gasteiger partial charge on any atom is -0.465 e. The summed E-state index contributed by atoms with van der Waals surface area (Å²) in [7, 11) is 1.27. The Kier molecular flexibility index (Phi) is 3.31. The largest absolute Gasteiger partial charge is 0.465 e. The lowest BCUT2D eigenvalue weighted by Gasteiger charge is -1.99. The maximum Gasteiger partial charge on any atom is 0.337 e. The van der Waals surface area contributed by atoms with Gasteiger partial charge in [-0.15, -0.1) is 10.2 Å². The lowest BCUT2D eigenvalue weighted by atomic mass is 10.1. The number of benzene rings is 1.